The highest BCUT2D eigenvalue weighted by Crippen LogP contribution is 2.36. The van der Waals surface area contributed by atoms with Crippen LogP contribution in [0.1, 0.15) is 97.0 Å². The van der Waals surface area contributed by atoms with Gasteiger partial charge in [-0.25, -0.2) is 9.97 Å². The van der Waals surface area contributed by atoms with E-state index in [-0.39, 0.29) is 0 Å². The molecule has 2 aromatic rings. The Balaban J connectivity index is 1.42. The molecule has 0 amide bonds. The Labute approximate surface area is 196 Å². The van der Waals surface area contributed by atoms with Crippen LogP contribution in [-0.2, 0) is 6.42 Å². The molecule has 1 saturated carbocycles. The van der Waals surface area contributed by atoms with Gasteiger partial charge in [-0.2, -0.15) is 0 Å². The van der Waals surface area contributed by atoms with E-state index in [0.717, 1.165) is 48.4 Å². The molecular weight excluding hydrogens is 392 g/mol. The van der Waals surface area contributed by atoms with Gasteiger partial charge < -0.3 is 4.74 Å². The second kappa shape index (κ2) is 13.6. The average molecular weight is 437 g/mol. The van der Waals surface area contributed by atoms with E-state index >= 15 is 0 Å². The minimum Gasteiger partial charge on any atom is -0.494 e. The first-order valence-corrected chi connectivity index (χ1v) is 13.2. The van der Waals surface area contributed by atoms with Crippen LogP contribution in [0.3, 0.4) is 0 Å². The quantitative estimate of drug-likeness (QED) is 0.296. The lowest BCUT2D eigenvalue weighted by Gasteiger charge is -2.31. The van der Waals surface area contributed by atoms with Crippen LogP contribution in [0.25, 0.3) is 11.4 Å². The van der Waals surface area contributed by atoms with Crippen LogP contribution in [0.5, 0.6) is 5.75 Å². The Hall–Kier alpha value is -1.90. The Morgan fingerprint density at radius 1 is 0.906 bits per heavy atom. The van der Waals surface area contributed by atoms with Crippen molar-refractivity contribution in [3.8, 4) is 17.1 Å². The lowest BCUT2D eigenvalue weighted by molar-refractivity contribution is 0.190. The number of ether oxygens (including phenoxy) is 1. The van der Waals surface area contributed by atoms with Crippen LogP contribution in [-0.4, -0.2) is 16.6 Å². The van der Waals surface area contributed by atoms with Gasteiger partial charge in [0, 0.05) is 18.0 Å². The summed E-state index contributed by atoms with van der Waals surface area (Å²) in [6, 6.07) is 8.26. The number of rotatable bonds is 13. The zero-order valence-electron chi connectivity index (χ0n) is 20.7. The van der Waals surface area contributed by atoms with Crippen molar-refractivity contribution in [3.63, 3.8) is 0 Å². The second-order valence-electron chi connectivity index (χ2n) is 9.95. The van der Waals surface area contributed by atoms with Crippen LogP contribution in [0.2, 0.25) is 0 Å². The molecule has 3 heteroatoms. The van der Waals surface area contributed by atoms with E-state index in [0.29, 0.717) is 5.92 Å². The van der Waals surface area contributed by atoms with Crippen molar-refractivity contribution >= 4 is 0 Å². The van der Waals surface area contributed by atoms with Crippen molar-refractivity contribution in [1.82, 2.24) is 9.97 Å². The van der Waals surface area contributed by atoms with E-state index < -0.39 is 0 Å². The average Bonchev–Trinajstić information content (AvgIpc) is 2.83. The molecule has 176 valence electrons. The van der Waals surface area contributed by atoms with E-state index in [4.69, 9.17) is 4.74 Å². The standard InChI is InChI=1S/C29H44N2O/c1-4-6-7-11-25-12-8-9-13-26(25)14-10-19-32-28-17-15-27(16-18-28)29-30-21-24(22-31-29)20-23(3)5-2/h15-18,21-23,25-26H,4-14,19-20H2,1-3H3. The van der Waals surface area contributed by atoms with Crippen LogP contribution < -0.4 is 4.74 Å². The van der Waals surface area contributed by atoms with E-state index in [1.807, 2.05) is 12.4 Å². The molecule has 1 aromatic heterocycles. The number of nitrogens with zero attached hydrogens (tertiary/aromatic N) is 2. The lowest BCUT2D eigenvalue weighted by atomic mass is 9.74. The number of aromatic nitrogens is 2. The molecule has 0 spiro atoms. The maximum absolute atomic E-state index is 6.06. The van der Waals surface area contributed by atoms with Crippen LogP contribution in [0.15, 0.2) is 36.7 Å². The first-order valence-electron chi connectivity index (χ1n) is 13.2. The molecule has 1 aromatic carbocycles. The summed E-state index contributed by atoms with van der Waals surface area (Å²) in [7, 11) is 0. The zero-order chi connectivity index (χ0) is 22.6. The van der Waals surface area contributed by atoms with Crippen molar-refractivity contribution in [1.29, 1.82) is 0 Å². The molecule has 0 aliphatic heterocycles. The minimum atomic E-state index is 0.672. The molecule has 3 unspecified atom stereocenters. The maximum atomic E-state index is 6.06. The highest BCUT2D eigenvalue weighted by molar-refractivity contribution is 5.55. The largest absolute Gasteiger partial charge is 0.494 e. The van der Waals surface area contributed by atoms with Gasteiger partial charge in [0.15, 0.2) is 5.82 Å². The number of hydrogen-bond donors (Lipinski definition) is 0. The van der Waals surface area contributed by atoms with Gasteiger partial charge in [0.2, 0.25) is 0 Å². The summed E-state index contributed by atoms with van der Waals surface area (Å²) >= 11 is 0. The third-order valence-corrected chi connectivity index (χ3v) is 7.33. The predicted molar refractivity (Wildman–Crippen MR) is 135 cm³/mol. The highest BCUT2D eigenvalue weighted by Gasteiger charge is 2.24. The summed E-state index contributed by atoms with van der Waals surface area (Å²) < 4.78 is 6.06. The molecule has 3 rings (SSSR count). The van der Waals surface area contributed by atoms with Crippen LogP contribution >= 0.6 is 0 Å². The maximum Gasteiger partial charge on any atom is 0.159 e. The third-order valence-electron chi connectivity index (χ3n) is 7.33. The molecule has 1 heterocycles. The van der Waals surface area contributed by atoms with Gasteiger partial charge in [0.25, 0.3) is 0 Å². The molecule has 3 atom stereocenters. The van der Waals surface area contributed by atoms with E-state index in [1.54, 1.807) is 0 Å². The normalized spacial score (nSPS) is 19.6. The van der Waals surface area contributed by atoms with E-state index in [2.05, 4.69) is 55.0 Å². The second-order valence-corrected chi connectivity index (χ2v) is 9.95. The van der Waals surface area contributed by atoms with Crippen molar-refractivity contribution in [2.24, 2.45) is 17.8 Å². The minimum absolute atomic E-state index is 0.672. The van der Waals surface area contributed by atoms with Gasteiger partial charge >= 0.3 is 0 Å². The summed E-state index contributed by atoms with van der Waals surface area (Å²) in [5.74, 6) is 4.30. The predicted octanol–water partition coefficient (Wildman–Crippen LogP) is 8.28. The number of hydrogen-bond acceptors (Lipinski definition) is 3. The Kier molecular flexibility index (Phi) is 10.5. The molecule has 0 bridgehead atoms. The molecule has 0 N–H and O–H groups in total. The SMILES string of the molecule is CCCCCC1CCCCC1CCCOc1ccc(-c2ncc(CC(C)CC)cn2)cc1. The first kappa shape index (κ1) is 24.7. The fourth-order valence-electron chi connectivity index (χ4n) is 5.09. The summed E-state index contributed by atoms with van der Waals surface area (Å²) in [5, 5.41) is 0. The highest BCUT2D eigenvalue weighted by atomic mass is 16.5. The molecule has 32 heavy (non-hydrogen) atoms. The van der Waals surface area contributed by atoms with Crippen LogP contribution in [0.4, 0.5) is 0 Å². The third kappa shape index (κ3) is 7.90. The van der Waals surface area contributed by atoms with Crippen molar-refractivity contribution in [2.45, 2.75) is 97.8 Å². The number of benzene rings is 1. The summed E-state index contributed by atoms with van der Waals surface area (Å²) in [6.07, 6.45) is 20.0. The molecule has 0 saturated heterocycles. The fraction of sp³-hybridized carbons (Fsp3) is 0.655. The molecule has 1 fully saturated rings. The van der Waals surface area contributed by atoms with Crippen LogP contribution in [0, 0.1) is 17.8 Å². The van der Waals surface area contributed by atoms with Gasteiger partial charge in [-0.3, -0.25) is 0 Å². The lowest BCUT2D eigenvalue weighted by Crippen LogP contribution is -2.20. The number of unbranched alkanes of at least 4 members (excludes halogenated alkanes) is 2. The van der Waals surface area contributed by atoms with Gasteiger partial charge in [-0.15, -0.1) is 0 Å². The van der Waals surface area contributed by atoms with Gasteiger partial charge in [-0.1, -0.05) is 78.6 Å². The first-order chi connectivity index (χ1) is 15.7. The van der Waals surface area contributed by atoms with E-state index in [1.165, 1.54) is 69.8 Å². The monoisotopic (exact) mass is 436 g/mol. The summed E-state index contributed by atoms with van der Waals surface area (Å²) in [4.78, 5) is 9.15. The molecule has 1 aliphatic carbocycles. The van der Waals surface area contributed by atoms with Crippen molar-refractivity contribution in [3.05, 3.63) is 42.2 Å². The molecular formula is C29H44N2O. The van der Waals surface area contributed by atoms with Gasteiger partial charge in [-0.05, 0) is 66.8 Å². The van der Waals surface area contributed by atoms with Crippen molar-refractivity contribution < 1.29 is 4.74 Å². The zero-order valence-corrected chi connectivity index (χ0v) is 20.7. The van der Waals surface area contributed by atoms with E-state index in [9.17, 15) is 0 Å². The Bertz CT molecular complexity index is 756. The fourth-order valence-corrected chi connectivity index (χ4v) is 5.09. The Morgan fingerprint density at radius 3 is 2.19 bits per heavy atom. The Morgan fingerprint density at radius 2 is 1.56 bits per heavy atom. The van der Waals surface area contributed by atoms with Crippen molar-refractivity contribution in [2.75, 3.05) is 6.61 Å². The molecule has 3 nitrogen and oxygen atoms in total. The summed E-state index contributed by atoms with van der Waals surface area (Å²) in [5.41, 5.74) is 2.26. The topological polar surface area (TPSA) is 35.0 Å². The molecule has 1 aliphatic rings. The van der Waals surface area contributed by atoms with Gasteiger partial charge in [0.1, 0.15) is 5.75 Å². The summed E-state index contributed by atoms with van der Waals surface area (Å²) in [6.45, 7) is 7.62. The van der Waals surface area contributed by atoms with Gasteiger partial charge in [0.05, 0.1) is 6.61 Å². The molecule has 0 radical (unpaired) electrons. The smallest absolute Gasteiger partial charge is 0.159 e.